The van der Waals surface area contributed by atoms with Crippen molar-refractivity contribution in [2.24, 2.45) is 5.92 Å². The zero-order valence-corrected chi connectivity index (χ0v) is 10.7. The Morgan fingerprint density at radius 1 is 1.24 bits per heavy atom. The van der Waals surface area contributed by atoms with Crippen molar-refractivity contribution in [3.05, 3.63) is 29.1 Å². The van der Waals surface area contributed by atoms with E-state index in [2.05, 4.69) is 43.2 Å². The van der Waals surface area contributed by atoms with Crippen LogP contribution in [0.4, 0.5) is 0 Å². The molecule has 0 spiro atoms. The molecule has 3 rings (SSSR count). The first-order chi connectivity index (χ1) is 8.15. The van der Waals surface area contributed by atoms with Crippen molar-refractivity contribution < 1.29 is 0 Å². The normalized spacial score (nSPS) is 18.3. The molecule has 1 aliphatic heterocycles. The van der Waals surface area contributed by atoms with Crippen molar-refractivity contribution in [2.45, 2.75) is 26.7 Å². The summed E-state index contributed by atoms with van der Waals surface area (Å²) in [4.78, 5) is 8.21. The summed E-state index contributed by atoms with van der Waals surface area (Å²) in [7, 11) is 0. The highest BCUT2D eigenvalue weighted by Crippen LogP contribution is 2.27. The average Bonchev–Trinajstić information content (AvgIpc) is 2.59. The summed E-state index contributed by atoms with van der Waals surface area (Å²) in [6, 6.07) is 4.38. The monoisotopic (exact) mass is 229 g/mol. The van der Waals surface area contributed by atoms with Crippen LogP contribution in [0.3, 0.4) is 0 Å². The maximum absolute atomic E-state index is 4.73. The number of nitrogens with one attached hydrogen (secondary N) is 2. The van der Waals surface area contributed by atoms with Gasteiger partial charge in [0.1, 0.15) is 5.82 Å². The van der Waals surface area contributed by atoms with Gasteiger partial charge >= 0.3 is 0 Å². The number of imidazole rings is 1. The van der Waals surface area contributed by atoms with Crippen LogP contribution in [0, 0.1) is 19.8 Å². The number of fused-ring (bicyclic) bond motifs is 1. The topological polar surface area (TPSA) is 40.7 Å². The second kappa shape index (κ2) is 3.84. The van der Waals surface area contributed by atoms with Crippen molar-refractivity contribution in [2.75, 3.05) is 13.1 Å². The molecular weight excluding hydrogens is 210 g/mol. The first-order valence-corrected chi connectivity index (χ1v) is 6.32. The lowest BCUT2D eigenvalue weighted by Gasteiger charge is -2.31. The SMILES string of the molecule is Cc1cc2nc(C(C)C3CNC3)[nH]c2cc1C. The number of hydrogen-bond acceptors (Lipinski definition) is 2. The number of aromatic nitrogens is 2. The van der Waals surface area contributed by atoms with Crippen LogP contribution in [-0.2, 0) is 0 Å². The fourth-order valence-electron chi connectivity index (χ4n) is 2.39. The predicted molar refractivity (Wildman–Crippen MR) is 70.3 cm³/mol. The van der Waals surface area contributed by atoms with Crippen molar-refractivity contribution in [1.29, 1.82) is 0 Å². The van der Waals surface area contributed by atoms with Crippen LogP contribution in [0.1, 0.15) is 29.8 Å². The maximum Gasteiger partial charge on any atom is 0.110 e. The number of aryl methyl sites for hydroxylation is 2. The number of rotatable bonds is 2. The van der Waals surface area contributed by atoms with Crippen molar-refractivity contribution >= 4 is 11.0 Å². The van der Waals surface area contributed by atoms with Crippen LogP contribution in [-0.4, -0.2) is 23.1 Å². The average molecular weight is 229 g/mol. The molecule has 3 nitrogen and oxygen atoms in total. The fourth-order valence-corrected chi connectivity index (χ4v) is 2.39. The molecule has 0 radical (unpaired) electrons. The molecule has 1 atom stereocenters. The Morgan fingerprint density at radius 3 is 2.59 bits per heavy atom. The van der Waals surface area contributed by atoms with Crippen LogP contribution in [0.5, 0.6) is 0 Å². The molecule has 0 saturated carbocycles. The minimum atomic E-state index is 0.518. The highest BCUT2D eigenvalue weighted by molar-refractivity contribution is 5.77. The predicted octanol–water partition coefficient (Wildman–Crippen LogP) is 2.50. The number of H-pyrrole nitrogens is 1. The second-order valence-corrected chi connectivity index (χ2v) is 5.28. The Kier molecular flexibility index (Phi) is 2.44. The third-order valence-electron chi connectivity index (χ3n) is 4.07. The summed E-state index contributed by atoms with van der Waals surface area (Å²) in [6.45, 7) is 8.80. The molecule has 1 aromatic heterocycles. The molecule has 1 fully saturated rings. The fraction of sp³-hybridized carbons (Fsp3) is 0.500. The summed E-state index contributed by atoms with van der Waals surface area (Å²) in [5, 5.41) is 3.32. The Bertz CT molecular complexity index is 513. The second-order valence-electron chi connectivity index (χ2n) is 5.28. The number of aromatic amines is 1. The highest BCUT2D eigenvalue weighted by atomic mass is 15.0. The van der Waals surface area contributed by atoms with Gasteiger partial charge in [0.2, 0.25) is 0 Å². The molecule has 90 valence electrons. The minimum Gasteiger partial charge on any atom is -0.342 e. The van der Waals surface area contributed by atoms with E-state index in [0.717, 1.165) is 30.3 Å². The van der Waals surface area contributed by atoms with Gasteiger partial charge in [0.05, 0.1) is 11.0 Å². The van der Waals surface area contributed by atoms with Crippen LogP contribution in [0.15, 0.2) is 12.1 Å². The number of hydrogen-bond donors (Lipinski definition) is 2. The zero-order valence-electron chi connectivity index (χ0n) is 10.7. The number of nitrogens with zero attached hydrogens (tertiary/aromatic N) is 1. The van der Waals surface area contributed by atoms with E-state index in [9.17, 15) is 0 Å². The van der Waals surface area contributed by atoms with Gasteiger partial charge in [-0.3, -0.25) is 0 Å². The highest BCUT2D eigenvalue weighted by Gasteiger charge is 2.26. The molecular formula is C14H19N3. The van der Waals surface area contributed by atoms with Gasteiger partial charge in [-0.05, 0) is 56.1 Å². The Labute approximate surface area is 102 Å². The molecule has 3 heteroatoms. The summed E-state index contributed by atoms with van der Waals surface area (Å²) in [5.41, 5.74) is 4.91. The van der Waals surface area contributed by atoms with E-state index in [1.165, 1.54) is 16.6 Å². The van der Waals surface area contributed by atoms with Gasteiger partial charge in [-0.2, -0.15) is 0 Å². The van der Waals surface area contributed by atoms with Crippen LogP contribution < -0.4 is 5.32 Å². The first-order valence-electron chi connectivity index (χ1n) is 6.32. The van der Waals surface area contributed by atoms with Crippen LogP contribution >= 0.6 is 0 Å². The van der Waals surface area contributed by atoms with E-state index >= 15 is 0 Å². The molecule has 2 heterocycles. The quantitative estimate of drug-likeness (QED) is 0.830. The van der Waals surface area contributed by atoms with Gasteiger partial charge in [-0.1, -0.05) is 6.92 Å². The van der Waals surface area contributed by atoms with Gasteiger partial charge in [0.15, 0.2) is 0 Å². The van der Waals surface area contributed by atoms with Gasteiger partial charge < -0.3 is 10.3 Å². The van der Waals surface area contributed by atoms with Crippen molar-refractivity contribution in [3.8, 4) is 0 Å². The Hall–Kier alpha value is -1.35. The van der Waals surface area contributed by atoms with E-state index in [1.807, 2.05) is 0 Å². The molecule has 0 amide bonds. The van der Waals surface area contributed by atoms with E-state index < -0.39 is 0 Å². The van der Waals surface area contributed by atoms with E-state index in [1.54, 1.807) is 0 Å². The van der Waals surface area contributed by atoms with E-state index in [-0.39, 0.29) is 0 Å². The standard InChI is InChI=1S/C14H19N3/c1-8-4-12-13(5-9(8)2)17-14(16-12)10(3)11-6-15-7-11/h4-5,10-11,15H,6-7H2,1-3H3,(H,16,17). The molecule has 1 aliphatic rings. The lowest BCUT2D eigenvalue weighted by atomic mass is 9.88. The molecule has 1 unspecified atom stereocenters. The summed E-state index contributed by atoms with van der Waals surface area (Å²) >= 11 is 0. The molecule has 0 bridgehead atoms. The lowest BCUT2D eigenvalue weighted by Crippen LogP contribution is -2.44. The first kappa shape index (κ1) is 10.8. The molecule has 1 aromatic carbocycles. The Morgan fingerprint density at radius 2 is 1.94 bits per heavy atom. The summed E-state index contributed by atoms with van der Waals surface area (Å²) in [6.07, 6.45) is 0. The van der Waals surface area contributed by atoms with Gasteiger partial charge in [0, 0.05) is 5.92 Å². The Balaban J connectivity index is 2.00. The zero-order chi connectivity index (χ0) is 12.0. The third-order valence-corrected chi connectivity index (χ3v) is 4.07. The van der Waals surface area contributed by atoms with Gasteiger partial charge in [-0.15, -0.1) is 0 Å². The smallest absolute Gasteiger partial charge is 0.110 e. The van der Waals surface area contributed by atoms with Crippen molar-refractivity contribution in [1.82, 2.24) is 15.3 Å². The summed E-state index contributed by atoms with van der Waals surface area (Å²) < 4.78 is 0. The van der Waals surface area contributed by atoms with E-state index in [4.69, 9.17) is 4.98 Å². The molecule has 2 N–H and O–H groups in total. The van der Waals surface area contributed by atoms with Gasteiger partial charge in [0.25, 0.3) is 0 Å². The molecule has 2 aromatic rings. The molecule has 0 aliphatic carbocycles. The van der Waals surface area contributed by atoms with E-state index in [0.29, 0.717) is 5.92 Å². The molecule has 17 heavy (non-hydrogen) atoms. The van der Waals surface area contributed by atoms with Crippen LogP contribution in [0.25, 0.3) is 11.0 Å². The minimum absolute atomic E-state index is 0.518. The lowest BCUT2D eigenvalue weighted by molar-refractivity contribution is 0.297. The number of benzene rings is 1. The van der Waals surface area contributed by atoms with Crippen molar-refractivity contribution in [3.63, 3.8) is 0 Å². The largest absolute Gasteiger partial charge is 0.342 e. The summed E-state index contributed by atoms with van der Waals surface area (Å²) in [5.74, 6) is 2.39. The third kappa shape index (κ3) is 1.75. The maximum atomic E-state index is 4.73. The van der Waals surface area contributed by atoms with Crippen LogP contribution in [0.2, 0.25) is 0 Å². The molecule has 1 saturated heterocycles. The van der Waals surface area contributed by atoms with Gasteiger partial charge in [-0.25, -0.2) is 4.98 Å².